The molecule has 2 aromatic carbocycles. The van der Waals surface area contributed by atoms with E-state index >= 15 is 0 Å². The molecule has 2 aromatic rings. The number of methoxy groups -OCH3 is 1. The predicted octanol–water partition coefficient (Wildman–Crippen LogP) is 1.21. The molecule has 1 atom stereocenters. The van der Waals surface area contributed by atoms with Gasteiger partial charge in [-0.3, -0.25) is 19.3 Å². The second-order valence-corrected chi connectivity index (χ2v) is 8.29. The van der Waals surface area contributed by atoms with Crippen molar-refractivity contribution in [2.24, 2.45) is 0 Å². The molecule has 31 heavy (non-hydrogen) atoms. The predicted molar refractivity (Wildman–Crippen MR) is 121 cm³/mol. The number of ether oxygens (including phenoxy) is 1. The Morgan fingerprint density at radius 3 is 2.23 bits per heavy atom. The molecule has 1 amide bonds. The normalized spacial score (nSPS) is 18.4. The third-order valence-electron chi connectivity index (χ3n) is 6.48. The molecule has 0 aliphatic carbocycles. The molecule has 0 unspecified atom stereocenters. The van der Waals surface area contributed by atoms with Crippen LogP contribution < -0.4 is 25.8 Å². The molecule has 0 aromatic heterocycles. The van der Waals surface area contributed by atoms with Crippen molar-refractivity contribution < 1.29 is 9.53 Å². The van der Waals surface area contributed by atoms with E-state index in [4.69, 9.17) is 4.74 Å². The van der Waals surface area contributed by atoms with Crippen LogP contribution in [0, 0.1) is 0 Å². The molecule has 1 N–H and O–H groups in total. The number of carbonyl (C=O) groups is 1. The van der Waals surface area contributed by atoms with Crippen LogP contribution in [0.4, 0.5) is 11.4 Å². The lowest BCUT2D eigenvalue weighted by Gasteiger charge is -2.37. The second-order valence-electron chi connectivity index (χ2n) is 8.29. The fourth-order valence-electron chi connectivity index (χ4n) is 4.63. The number of nitrogens with one attached hydrogen (secondary N) is 1. The Kier molecular flexibility index (Phi) is 6.27. The summed E-state index contributed by atoms with van der Waals surface area (Å²) in [5, 5.41) is 3.30. The molecule has 2 saturated heterocycles. The molecular formula is C23H30N4O4. The van der Waals surface area contributed by atoms with E-state index in [1.54, 1.807) is 18.9 Å². The van der Waals surface area contributed by atoms with E-state index in [2.05, 4.69) is 22.3 Å². The zero-order valence-electron chi connectivity index (χ0n) is 18.2. The number of anilines is 2. The first-order valence-corrected chi connectivity index (χ1v) is 10.9. The van der Waals surface area contributed by atoms with Gasteiger partial charge in [-0.1, -0.05) is 12.1 Å². The van der Waals surface area contributed by atoms with Crippen molar-refractivity contribution in [2.45, 2.75) is 25.8 Å². The van der Waals surface area contributed by atoms with Crippen molar-refractivity contribution in [1.82, 2.24) is 9.80 Å². The van der Waals surface area contributed by atoms with Crippen LogP contribution >= 0.6 is 0 Å². The molecule has 0 radical (unpaired) electrons. The Morgan fingerprint density at radius 1 is 1.00 bits per heavy atom. The molecule has 166 valence electrons. The number of piperazine rings is 1. The van der Waals surface area contributed by atoms with E-state index in [0.29, 0.717) is 44.1 Å². The summed E-state index contributed by atoms with van der Waals surface area (Å²) in [7, 11) is 1.65. The first kappa shape index (κ1) is 21.4. The lowest BCUT2D eigenvalue weighted by atomic mass is 10.0. The van der Waals surface area contributed by atoms with Crippen LogP contribution in [0.5, 0.6) is 5.75 Å². The Morgan fingerprint density at radius 2 is 1.65 bits per heavy atom. The zero-order valence-corrected chi connectivity index (χ0v) is 18.2. The van der Waals surface area contributed by atoms with Gasteiger partial charge in [0.2, 0.25) is 5.91 Å². The summed E-state index contributed by atoms with van der Waals surface area (Å²) in [5.41, 5.74) is 1.17. The second kappa shape index (κ2) is 9.09. The van der Waals surface area contributed by atoms with Crippen molar-refractivity contribution in [3.8, 4) is 5.75 Å². The standard InChI is InChI=1S/C23H30N4O4/c1-16(28)25-11-13-27(14-12-25)21-20(22(29)23(21)30)24-15-19(26-9-3-4-10-26)17-5-7-18(31-2)8-6-17/h5-8,19,24H,3-4,9-15H2,1-2H3/t19-/m0/s1. The quantitative estimate of drug-likeness (QED) is 0.667. The summed E-state index contributed by atoms with van der Waals surface area (Å²) in [5.74, 6) is 0.849. The number of rotatable bonds is 7. The van der Waals surface area contributed by atoms with Crippen LogP contribution in [0.15, 0.2) is 33.9 Å². The molecule has 2 fully saturated rings. The first-order valence-electron chi connectivity index (χ1n) is 10.9. The van der Waals surface area contributed by atoms with Crippen LogP contribution in [0.2, 0.25) is 0 Å². The van der Waals surface area contributed by atoms with Crippen LogP contribution in [-0.4, -0.2) is 68.6 Å². The van der Waals surface area contributed by atoms with Crippen molar-refractivity contribution in [3.05, 3.63) is 50.3 Å². The highest BCUT2D eigenvalue weighted by molar-refractivity contribution is 5.77. The van der Waals surface area contributed by atoms with Gasteiger partial charge < -0.3 is 19.9 Å². The molecule has 2 aliphatic heterocycles. The molecule has 0 spiro atoms. The van der Waals surface area contributed by atoms with Crippen LogP contribution in [0.25, 0.3) is 0 Å². The average Bonchev–Trinajstić information content (AvgIpc) is 3.33. The molecule has 0 saturated carbocycles. The highest BCUT2D eigenvalue weighted by Gasteiger charge is 2.30. The third kappa shape index (κ3) is 4.30. The topological polar surface area (TPSA) is 82.2 Å². The molecule has 0 bridgehead atoms. The zero-order chi connectivity index (χ0) is 22.0. The fraction of sp³-hybridized carbons (Fsp3) is 0.522. The minimum Gasteiger partial charge on any atom is -0.497 e. The van der Waals surface area contributed by atoms with E-state index in [9.17, 15) is 14.4 Å². The summed E-state index contributed by atoms with van der Waals surface area (Å²) in [6.45, 7) is 6.40. The minimum absolute atomic E-state index is 0.0379. The van der Waals surface area contributed by atoms with Crippen LogP contribution in [-0.2, 0) is 4.79 Å². The van der Waals surface area contributed by atoms with Gasteiger partial charge in [-0.25, -0.2) is 0 Å². The largest absolute Gasteiger partial charge is 0.497 e. The molecule has 4 rings (SSSR count). The van der Waals surface area contributed by atoms with Crippen molar-refractivity contribution in [3.63, 3.8) is 0 Å². The minimum atomic E-state index is -0.445. The maximum atomic E-state index is 12.3. The smallest absolute Gasteiger partial charge is 0.253 e. The summed E-state index contributed by atoms with van der Waals surface area (Å²) in [4.78, 5) is 42.4. The molecule has 8 heteroatoms. The van der Waals surface area contributed by atoms with Gasteiger partial charge in [0, 0.05) is 39.6 Å². The monoisotopic (exact) mass is 426 g/mol. The summed E-state index contributed by atoms with van der Waals surface area (Å²) in [6.07, 6.45) is 2.33. The van der Waals surface area contributed by atoms with Gasteiger partial charge in [0.05, 0.1) is 13.2 Å². The van der Waals surface area contributed by atoms with E-state index in [0.717, 1.165) is 24.4 Å². The van der Waals surface area contributed by atoms with E-state index in [1.807, 2.05) is 17.0 Å². The van der Waals surface area contributed by atoms with E-state index in [-0.39, 0.29) is 11.9 Å². The maximum Gasteiger partial charge on any atom is 0.253 e. The van der Waals surface area contributed by atoms with Crippen LogP contribution in [0.3, 0.4) is 0 Å². The number of likely N-dealkylation sites (tertiary alicyclic amines) is 1. The first-order chi connectivity index (χ1) is 15.0. The lowest BCUT2D eigenvalue weighted by molar-refractivity contribution is -0.129. The van der Waals surface area contributed by atoms with Crippen LogP contribution in [0.1, 0.15) is 31.4 Å². The lowest BCUT2D eigenvalue weighted by Crippen LogP contribution is -2.52. The third-order valence-corrected chi connectivity index (χ3v) is 6.48. The number of nitrogens with zero attached hydrogens (tertiary/aromatic N) is 3. The van der Waals surface area contributed by atoms with Crippen molar-refractivity contribution in [2.75, 3.05) is 63.1 Å². The Hall–Kier alpha value is -2.87. The Balaban J connectivity index is 1.49. The molecule has 2 aliphatic rings. The maximum absolute atomic E-state index is 12.3. The number of hydrogen-bond donors (Lipinski definition) is 1. The van der Waals surface area contributed by atoms with Gasteiger partial charge in [-0.15, -0.1) is 0 Å². The van der Waals surface area contributed by atoms with Gasteiger partial charge >= 0.3 is 0 Å². The van der Waals surface area contributed by atoms with Gasteiger partial charge in [0.15, 0.2) is 0 Å². The van der Waals surface area contributed by atoms with Gasteiger partial charge in [0.25, 0.3) is 10.9 Å². The molecule has 2 heterocycles. The van der Waals surface area contributed by atoms with Gasteiger partial charge in [-0.05, 0) is 43.6 Å². The Labute approximate surface area is 182 Å². The number of carbonyl (C=O) groups excluding carboxylic acids is 1. The summed E-state index contributed by atoms with van der Waals surface area (Å²) < 4.78 is 5.28. The summed E-state index contributed by atoms with van der Waals surface area (Å²) in [6, 6.07) is 8.15. The van der Waals surface area contributed by atoms with Gasteiger partial charge in [-0.2, -0.15) is 0 Å². The molecule has 8 nitrogen and oxygen atoms in total. The highest BCUT2D eigenvalue weighted by atomic mass is 16.5. The number of benzene rings is 1. The van der Waals surface area contributed by atoms with E-state index in [1.165, 1.54) is 12.8 Å². The van der Waals surface area contributed by atoms with E-state index < -0.39 is 10.9 Å². The Bertz CT molecular complexity index is 982. The van der Waals surface area contributed by atoms with Crippen molar-refractivity contribution >= 4 is 17.3 Å². The number of amides is 1. The molecular weight excluding hydrogens is 396 g/mol. The SMILES string of the molecule is COc1ccc([C@H](CNc2c(N3CCN(C(C)=O)CC3)c(=O)c2=O)N2CCCC2)cc1. The highest BCUT2D eigenvalue weighted by Crippen LogP contribution is 2.29. The number of hydrogen-bond acceptors (Lipinski definition) is 7. The van der Waals surface area contributed by atoms with Crippen molar-refractivity contribution in [1.29, 1.82) is 0 Å². The fourth-order valence-corrected chi connectivity index (χ4v) is 4.63. The van der Waals surface area contributed by atoms with Gasteiger partial charge in [0.1, 0.15) is 17.1 Å². The summed E-state index contributed by atoms with van der Waals surface area (Å²) >= 11 is 0. The average molecular weight is 427 g/mol.